The Kier molecular flexibility index (Phi) is 11.1. The Labute approximate surface area is 203 Å². The highest BCUT2D eigenvalue weighted by Gasteiger charge is 2.29. The highest BCUT2D eigenvalue weighted by molar-refractivity contribution is 6.28. The fourth-order valence-corrected chi connectivity index (χ4v) is 4.03. The van der Waals surface area contributed by atoms with Crippen LogP contribution in [-0.2, 0) is 23.9 Å². The molecule has 0 amide bonds. The summed E-state index contributed by atoms with van der Waals surface area (Å²) in [6.07, 6.45) is 4.63. The van der Waals surface area contributed by atoms with Crippen LogP contribution in [0.1, 0.15) is 44.6 Å². The number of esters is 1. The van der Waals surface area contributed by atoms with Gasteiger partial charge in [-0.3, -0.25) is 9.89 Å². The molecule has 35 heavy (non-hydrogen) atoms. The Hall–Kier alpha value is -3.47. The monoisotopic (exact) mass is 492 g/mol. The molecule has 0 spiro atoms. The molecule has 0 aromatic heterocycles. The summed E-state index contributed by atoms with van der Waals surface area (Å²) in [4.78, 5) is 47.0. The zero-order valence-corrected chi connectivity index (χ0v) is 19.7. The standard InChI is InChI=1S/C22H30N2O5.C2H2O4/c1-16-13-19(29-22(27)21(25)26)15-24(14-16)11-4-12-28-18-8-6-17(7-9-18)20-5-2-3-10-23-20;3-1(4)2(5)6/h6-9,16,19H,2-5,10-15H2,1H3,(H,25,26);(H,3,4)(H,5,6)/t16-,19?;/m1./s1. The van der Waals surface area contributed by atoms with E-state index in [0.717, 1.165) is 38.2 Å². The first-order valence-electron chi connectivity index (χ1n) is 11.5. The van der Waals surface area contributed by atoms with Crippen molar-refractivity contribution in [3.8, 4) is 5.75 Å². The summed E-state index contributed by atoms with van der Waals surface area (Å²) >= 11 is 0. The van der Waals surface area contributed by atoms with Gasteiger partial charge in [-0.15, -0.1) is 0 Å². The quantitative estimate of drug-likeness (QED) is 0.291. The zero-order chi connectivity index (χ0) is 25.8. The largest absolute Gasteiger partial charge is 0.494 e. The van der Waals surface area contributed by atoms with Gasteiger partial charge in [-0.05, 0) is 67.9 Å². The fourth-order valence-electron chi connectivity index (χ4n) is 4.03. The summed E-state index contributed by atoms with van der Waals surface area (Å²) < 4.78 is 10.9. The summed E-state index contributed by atoms with van der Waals surface area (Å²) in [5.41, 5.74) is 2.38. The van der Waals surface area contributed by atoms with Crippen LogP contribution in [0.4, 0.5) is 0 Å². The van der Waals surface area contributed by atoms with Gasteiger partial charge >= 0.3 is 23.9 Å². The molecule has 1 aromatic rings. The number of aliphatic carboxylic acids is 3. The van der Waals surface area contributed by atoms with E-state index in [9.17, 15) is 9.59 Å². The van der Waals surface area contributed by atoms with Crippen LogP contribution in [0.3, 0.4) is 0 Å². The van der Waals surface area contributed by atoms with Crippen molar-refractivity contribution in [3.05, 3.63) is 29.8 Å². The number of piperidine rings is 1. The molecule has 2 aliphatic heterocycles. The molecule has 0 bridgehead atoms. The topological polar surface area (TPSA) is 163 Å². The number of likely N-dealkylation sites (tertiary alicyclic amines) is 1. The minimum atomic E-state index is -1.82. The molecule has 1 fully saturated rings. The van der Waals surface area contributed by atoms with Crippen LogP contribution < -0.4 is 4.74 Å². The molecule has 3 rings (SSSR count). The molecule has 192 valence electrons. The number of aliphatic imine (C=N–C) groups is 1. The second-order valence-electron chi connectivity index (χ2n) is 8.56. The van der Waals surface area contributed by atoms with E-state index in [1.54, 1.807) is 0 Å². The molecule has 1 aromatic carbocycles. The highest BCUT2D eigenvalue weighted by atomic mass is 16.6. The van der Waals surface area contributed by atoms with E-state index >= 15 is 0 Å². The van der Waals surface area contributed by atoms with E-state index < -0.39 is 23.9 Å². The number of nitrogens with zero attached hydrogens (tertiary/aromatic N) is 2. The Morgan fingerprint density at radius 2 is 1.69 bits per heavy atom. The lowest BCUT2D eigenvalue weighted by Crippen LogP contribution is -2.45. The summed E-state index contributed by atoms with van der Waals surface area (Å²) in [5, 5.41) is 23.5. The summed E-state index contributed by atoms with van der Waals surface area (Å²) in [6.45, 7) is 5.92. The lowest BCUT2D eigenvalue weighted by molar-refractivity contribution is -0.169. The zero-order valence-electron chi connectivity index (χ0n) is 19.7. The molecule has 0 saturated carbocycles. The van der Waals surface area contributed by atoms with Crippen molar-refractivity contribution in [2.75, 3.05) is 32.8 Å². The van der Waals surface area contributed by atoms with Gasteiger partial charge in [-0.1, -0.05) is 6.92 Å². The van der Waals surface area contributed by atoms with E-state index in [4.69, 9.17) is 34.4 Å². The number of carboxylic acids is 3. The van der Waals surface area contributed by atoms with E-state index in [-0.39, 0.29) is 6.10 Å². The van der Waals surface area contributed by atoms with Crippen LogP contribution in [0.25, 0.3) is 0 Å². The predicted octanol–water partition coefficient (Wildman–Crippen LogP) is 1.92. The van der Waals surface area contributed by atoms with Crippen molar-refractivity contribution < 1.29 is 44.0 Å². The maximum atomic E-state index is 11.3. The first kappa shape index (κ1) is 27.8. The average Bonchev–Trinajstić information content (AvgIpc) is 2.83. The van der Waals surface area contributed by atoms with Gasteiger partial charge in [0.25, 0.3) is 0 Å². The third-order valence-corrected chi connectivity index (χ3v) is 5.53. The number of rotatable bonds is 7. The normalized spacial score (nSPS) is 20.0. The number of hydrogen-bond donors (Lipinski definition) is 3. The molecule has 0 radical (unpaired) electrons. The van der Waals surface area contributed by atoms with E-state index in [1.807, 2.05) is 12.1 Å². The van der Waals surface area contributed by atoms with Gasteiger partial charge in [0.2, 0.25) is 0 Å². The lowest BCUT2D eigenvalue weighted by atomic mass is 9.97. The molecule has 2 heterocycles. The molecule has 2 atom stereocenters. The molecule has 0 aliphatic carbocycles. The first-order valence-corrected chi connectivity index (χ1v) is 11.5. The van der Waals surface area contributed by atoms with Gasteiger partial charge in [-0.2, -0.15) is 0 Å². The third-order valence-electron chi connectivity index (χ3n) is 5.53. The van der Waals surface area contributed by atoms with Crippen LogP contribution >= 0.6 is 0 Å². The van der Waals surface area contributed by atoms with Gasteiger partial charge in [0.05, 0.1) is 6.61 Å². The van der Waals surface area contributed by atoms with Crippen LogP contribution in [0.15, 0.2) is 29.3 Å². The van der Waals surface area contributed by atoms with E-state index in [0.29, 0.717) is 25.5 Å². The molecule has 2 aliphatic rings. The third kappa shape index (κ3) is 10.1. The maximum absolute atomic E-state index is 11.3. The van der Waals surface area contributed by atoms with Crippen molar-refractivity contribution in [3.63, 3.8) is 0 Å². The van der Waals surface area contributed by atoms with E-state index in [2.05, 4.69) is 28.9 Å². The van der Waals surface area contributed by atoms with Gasteiger partial charge in [0.15, 0.2) is 0 Å². The van der Waals surface area contributed by atoms with Crippen molar-refractivity contribution in [1.82, 2.24) is 4.90 Å². The van der Waals surface area contributed by atoms with Crippen molar-refractivity contribution in [2.45, 2.75) is 45.1 Å². The minimum Gasteiger partial charge on any atom is -0.494 e. The number of hydrogen-bond acceptors (Lipinski definition) is 8. The number of carboxylic acid groups (broad SMARTS) is 3. The second kappa shape index (κ2) is 14.1. The van der Waals surface area contributed by atoms with Gasteiger partial charge in [-0.25, -0.2) is 19.2 Å². The lowest BCUT2D eigenvalue weighted by Gasteiger charge is -2.35. The number of carbonyl (C=O) groups excluding carboxylic acids is 1. The molecule has 1 saturated heterocycles. The van der Waals surface area contributed by atoms with Crippen LogP contribution in [0.5, 0.6) is 5.75 Å². The predicted molar refractivity (Wildman–Crippen MR) is 125 cm³/mol. The van der Waals surface area contributed by atoms with Crippen LogP contribution in [0.2, 0.25) is 0 Å². The number of benzene rings is 1. The average molecular weight is 493 g/mol. The number of ether oxygens (including phenoxy) is 2. The Bertz CT molecular complexity index is 902. The van der Waals surface area contributed by atoms with Crippen LogP contribution in [-0.4, -0.2) is 88.7 Å². The van der Waals surface area contributed by atoms with Crippen molar-refractivity contribution >= 4 is 29.6 Å². The molecule has 11 heteroatoms. The maximum Gasteiger partial charge on any atom is 0.417 e. The molecule has 11 nitrogen and oxygen atoms in total. The summed E-state index contributed by atoms with van der Waals surface area (Å²) in [7, 11) is 0. The first-order chi connectivity index (χ1) is 16.7. The Morgan fingerprint density at radius 3 is 2.26 bits per heavy atom. The van der Waals surface area contributed by atoms with E-state index in [1.165, 1.54) is 24.1 Å². The van der Waals surface area contributed by atoms with Gasteiger partial charge in [0.1, 0.15) is 11.9 Å². The molecular formula is C24H32N2O9. The van der Waals surface area contributed by atoms with Gasteiger partial charge < -0.3 is 24.8 Å². The Balaban J connectivity index is 0.000000641. The van der Waals surface area contributed by atoms with Gasteiger partial charge in [0, 0.05) is 31.9 Å². The molecule has 1 unspecified atom stereocenters. The summed E-state index contributed by atoms with van der Waals surface area (Å²) in [5.74, 6) is -5.15. The van der Waals surface area contributed by atoms with Crippen LogP contribution in [0, 0.1) is 5.92 Å². The van der Waals surface area contributed by atoms with Crippen molar-refractivity contribution in [1.29, 1.82) is 0 Å². The van der Waals surface area contributed by atoms with Crippen molar-refractivity contribution in [2.24, 2.45) is 10.9 Å². The number of carbonyl (C=O) groups is 4. The molecular weight excluding hydrogens is 460 g/mol. The highest BCUT2D eigenvalue weighted by Crippen LogP contribution is 2.20. The Morgan fingerprint density at radius 1 is 1.00 bits per heavy atom. The second-order valence-corrected chi connectivity index (χ2v) is 8.56. The minimum absolute atomic E-state index is 0.353. The smallest absolute Gasteiger partial charge is 0.417 e. The summed E-state index contributed by atoms with van der Waals surface area (Å²) in [6, 6.07) is 8.15. The SMILES string of the molecule is C[C@@H]1CC(OC(=O)C(=O)O)CN(CCCOc2ccc(C3=NCCCC3)cc2)C1.O=C(O)C(=O)O. The fraction of sp³-hybridized carbons (Fsp3) is 0.542. The molecule has 3 N–H and O–H groups in total.